The maximum Gasteiger partial charge on any atom is 0.276 e. The van der Waals surface area contributed by atoms with Gasteiger partial charge >= 0.3 is 0 Å². The molecule has 23 heavy (non-hydrogen) atoms. The fraction of sp³-hybridized carbons (Fsp3) is 0.167. The zero-order chi connectivity index (χ0) is 17.2. The van der Waals surface area contributed by atoms with E-state index in [1.165, 1.54) is 24.3 Å². The van der Waals surface area contributed by atoms with Crippen molar-refractivity contribution in [3.63, 3.8) is 0 Å². The molecule has 1 N–H and O–H groups in total. The fourth-order valence-electron chi connectivity index (χ4n) is 1.82. The van der Waals surface area contributed by atoms with Gasteiger partial charge in [0.25, 0.3) is 21.7 Å². The van der Waals surface area contributed by atoms with Crippen LogP contribution in [0, 0.1) is 10.1 Å². The lowest BCUT2D eigenvalue weighted by molar-refractivity contribution is -0.385. The third-order valence-corrected chi connectivity index (χ3v) is 4.94. The average Bonchev–Trinajstić information content (AvgIpc) is 2.71. The number of nitrogens with zero attached hydrogens (tertiary/aromatic N) is 2. The number of amides is 1. The molecule has 122 valence electrons. The summed E-state index contributed by atoms with van der Waals surface area (Å²) < 4.78 is 30.4. The summed E-state index contributed by atoms with van der Waals surface area (Å²) in [5.41, 5.74) is 0.0866. The van der Waals surface area contributed by atoms with Crippen LogP contribution >= 0.6 is 24.0 Å². The monoisotopic (exact) mass is 374 g/mol. The average molecular weight is 374 g/mol. The minimum Gasteiger partial charge on any atom is -0.292 e. The molecule has 1 aromatic carbocycles. The molecule has 1 aliphatic rings. The minimum absolute atomic E-state index is 0.128. The molecule has 2 rings (SSSR count). The lowest BCUT2D eigenvalue weighted by Crippen LogP contribution is -2.32. The first kappa shape index (κ1) is 17.5. The Balaban J connectivity index is 2.27. The summed E-state index contributed by atoms with van der Waals surface area (Å²) in [6, 6.07) is 5.90. The minimum atomic E-state index is -4.22. The third-order valence-electron chi connectivity index (χ3n) is 2.87. The normalized spacial score (nSPS) is 17.1. The Labute approximate surface area is 141 Å². The lowest BCUT2D eigenvalue weighted by Gasteiger charge is -2.12. The second-order valence-electron chi connectivity index (χ2n) is 4.44. The van der Waals surface area contributed by atoms with Crippen molar-refractivity contribution in [3.8, 4) is 0 Å². The van der Waals surface area contributed by atoms with Crippen LogP contribution in [0.3, 0.4) is 0 Å². The highest BCUT2D eigenvalue weighted by molar-refractivity contribution is 8.26. The molecule has 0 spiro atoms. The molecule has 0 aromatic heterocycles. The van der Waals surface area contributed by atoms with Crippen molar-refractivity contribution in [2.24, 2.45) is 0 Å². The predicted octanol–water partition coefficient (Wildman–Crippen LogP) is 1.68. The number of nitro groups is 1. The van der Waals surface area contributed by atoms with Gasteiger partial charge in [-0.2, -0.15) is 8.42 Å². The maximum absolute atomic E-state index is 12.2. The number of hydrogen-bond acceptors (Lipinski definition) is 7. The van der Waals surface area contributed by atoms with Crippen molar-refractivity contribution in [2.75, 3.05) is 12.3 Å². The number of rotatable bonds is 5. The summed E-state index contributed by atoms with van der Waals surface area (Å²) >= 11 is 5.92. The maximum atomic E-state index is 12.2. The van der Waals surface area contributed by atoms with E-state index in [1.54, 1.807) is 6.07 Å². The highest BCUT2D eigenvalue weighted by Crippen LogP contribution is 2.33. The van der Waals surface area contributed by atoms with Gasteiger partial charge in [-0.05, 0) is 12.1 Å². The third kappa shape index (κ3) is 4.34. The molecular formula is C12H10N2O6S3. The molecule has 1 heterocycles. The molecule has 1 aromatic rings. The molecular weight excluding hydrogens is 364 g/mol. The van der Waals surface area contributed by atoms with Crippen molar-refractivity contribution in [1.29, 1.82) is 0 Å². The second kappa shape index (κ2) is 6.74. The topological polar surface area (TPSA) is 118 Å². The van der Waals surface area contributed by atoms with Crippen LogP contribution in [0.25, 0.3) is 6.08 Å². The van der Waals surface area contributed by atoms with Crippen molar-refractivity contribution < 1.29 is 22.7 Å². The molecule has 1 aliphatic heterocycles. The van der Waals surface area contributed by atoms with E-state index in [9.17, 15) is 23.3 Å². The smallest absolute Gasteiger partial charge is 0.276 e. The van der Waals surface area contributed by atoms with Gasteiger partial charge < -0.3 is 0 Å². The van der Waals surface area contributed by atoms with Crippen LogP contribution in [-0.4, -0.2) is 45.3 Å². The predicted molar refractivity (Wildman–Crippen MR) is 89.4 cm³/mol. The Bertz CT molecular complexity index is 818. The number of benzene rings is 1. The molecule has 11 heteroatoms. The number of para-hydroxylation sites is 1. The number of thiocarbonyl (C=S) groups is 1. The van der Waals surface area contributed by atoms with E-state index in [-0.39, 0.29) is 27.0 Å². The zero-order valence-corrected chi connectivity index (χ0v) is 13.9. The van der Waals surface area contributed by atoms with Gasteiger partial charge in [-0.25, -0.2) is 0 Å². The molecule has 0 saturated carbocycles. The van der Waals surface area contributed by atoms with Gasteiger partial charge in [-0.3, -0.25) is 24.4 Å². The summed E-state index contributed by atoms with van der Waals surface area (Å²) in [5, 5.41) is 11.0. The highest BCUT2D eigenvalue weighted by atomic mass is 32.2. The van der Waals surface area contributed by atoms with Gasteiger partial charge in [0, 0.05) is 12.6 Å². The summed E-state index contributed by atoms with van der Waals surface area (Å²) in [6.45, 7) is -0.280. The molecule has 0 aliphatic carbocycles. The van der Waals surface area contributed by atoms with Gasteiger partial charge in [0.15, 0.2) is 0 Å². The van der Waals surface area contributed by atoms with E-state index < -0.39 is 26.7 Å². The van der Waals surface area contributed by atoms with Crippen molar-refractivity contribution in [3.05, 3.63) is 44.8 Å². The molecule has 0 atom stereocenters. The lowest BCUT2D eigenvalue weighted by atomic mass is 10.1. The molecule has 0 unspecified atom stereocenters. The Kier molecular flexibility index (Phi) is 5.14. The van der Waals surface area contributed by atoms with Gasteiger partial charge in [0.05, 0.1) is 21.1 Å². The van der Waals surface area contributed by atoms with Crippen LogP contribution in [0.1, 0.15) is 5.56 Å². The summed E-state index contributed by atoms with van der Waals surface area (Å²) in [7, 11) is -4.22. The molecule has 1 fully saturated rings. The molecule has 0 radical (unpaired) electrons. The Morgan fingerprint density at radius 2 is 2.04 bits per heavy atom. The second-order valence-corrected chi connectivity index (χ2v) is 7.68. The van der Waals surface area contributed by atoms with Crippen LogP contribution in [0.2, 0.25) is 0 Å². The van der Waals surface area contributed by atoms with Gasteiger partial charge in [-0.1, -0.05) is 36.1 Å². The fourth-order valence-corrected chi connectivity index (χ4v) is 3.53. The van der Waals surface area contributed by atoms with E-state index in [0.717, 1.165) is 16.7 Å². The number of carbonyl (C=O) groups excluding carboxylic acids is 1. The largest absolute Gasteiger partial charge is 0.292 e. The molecule has 1 amide bonds. The first-order valence-corrected chi connectivity index (χ1v) is 8.96. The van der Waals surface area contributed by atoms with Crippen LogP contribution in [0.15, 0.2) is 29.2 Å². The summed E-state index contributed by atoms with van der Waals surface area (Å²) in [6.07, 6.45) is 1.34. The van der Waals surface area contributed by atoms with Gasteiger partial charge in [-0.15, -0.1) is 0 Å². The highest BCUT2D eigenvalue weighted by Gasteiger charge is 2.33. The number of nitro benzene ring substituents is 1. The van der Waals surface area contributed by atoms with Crippen LogP contribution in [0.4, 0.5) is 5.69 Å². The van der Waals surface area contributed by atoms with Crippen LogP contribution < -0.4 is 0 Å². The molecule has 1 saturated heterocycles. The molecule has 0 bridgehead atoms. The summed E-state index contributed by atoms with van der Waals surface area (Å²) in [4.78, 5) is 23.8. The Morgan fingerprint density at radius 3 is 2.65 bits per heavy atom. The quantitative estimate of drug-likeness (QED) is 0.272. The van der Waals surface area contributed by atoms with E-state index in [1.807, 2.05) is 0 Å². The van der Waals surface area contributed by atoms with E-state index in [0.29, 0.717) is 0 Å². The van der Waals surface area contributed by atoms with Crippen LogP contribution in [-0.2, 0) is 14.9 Å². The first-order valence-electron chi connectivity index (χ1n) is 6.13. The SMILES string of the molecule is O=C1/C(=C/c2ccccc2[N+](=O)[O-])SC(=S)N1CCS(=O)(=O)O. The van der Waals surface area contributed by atoms with E-state index in [4.69, 9.17) is 16.8 Å². The van der Waals surface area contributed by atoms with Crippen molar-refractivity contribution >= 4 is 56.1 Å². The molecule has 8 nitrogen and oxygen atoms in total. The standard InChI is InChI=1S/C12H10N2O6S3/c15-11-10(7-8-3-1-2-4-9(8)14(16)17)22-12(21)13(11)5-6-23(18,19)20/h1-4,7H,5-6H2,(H,18,19,20)/b10-7-. The zero-order valence-electron chi connectivity index (χ0n) is 11.4. The van der Waals surface area contributed by atoms with Crippen LogP contribution in [0.5, 0.6) is 0 Å². The van der Waals surface area contributed by atoms with E-state index >= 15 is 0 Å². The van der Waals surface area contributed by atoms with Crippen molar-refractivity contribution in [1.82, 2.24) is 4.90 Å². The Hall–Kier alpha value is -1.82. The first-order chi connectivity index (χ1) is 10.7. The number of hydrogen-bond donors (Lipinski definition) is 1. The Morgan fingerprint density at radius 1 is 1.39 bits per heavy atom. The van der Waals surface area contributed by atoms with Gasteiger partial charge in [0.1, 0.15) is 4.32 Å². The number of thioether (sulfide) groups is 1. The van der Waals surface area contributed by atoms with Crippen molar-refractivity contribution in [2.45, 2.75) is 0 Å². The van der Waals surface area contributed by atoms with E-state index in [2.05, 4.69) is 0 Å². The van der Waals surface area contributed by atoms with Gasteiger partial charge in [0.2, 0.25) is 0 Å². The summed E-state index contributed by atoms with van der Waals surface area (Å²) in [5.74, 6) is -1.19. The number of carbonyl (C=O) groups is 1.